The van der Waals surface area contributed by atoms with E-state index in [4.69, 9.17) is 9.47 Å². The first-order chi connectivity index (χ1) is 19.8. The third-order valence-corrected chi connectivity index (χ3v) is 8.08. The number of piperidine rings is 2. The van der Waals surface area contributed by atoms with Gasteiger partial charge in [0.1, 0.15) is 0 Å². The number of methoxy groups -OCH3 is 2. The average molecular weight is 558 g/mol. The highest BCUT2D eigenvalue weighted by molar-refractivity contribution is 6.17. The quantitative estimate of drug-likeness (QED) is 0.302. The maximum absolute atomic E-state index is 15.1. The summed E-state index contributed by atoms with van der Waals surface area (Å²) in [6, 6.07) is 14.6. The molecule has 2 aliphatic heterocycles. The molecule has 0 aromatic carbocycles. The fourth-order valence-electron chi connectivity index (χ4n) is 6.77. The van der Waals surface area contributed by atoms with Crippen LogP contribution in [0, 0.1) is 16.7 Å². The molecule has 10 heteroatoms. The Bertz CT molecular complexity index is 1310. The summed E-state index contributed by atoms with van der Waals surface area (Å²) >= 11 is 0. The van der Waals surface area contributed by atoms with Gasteiger partial charge in [-0.15, -0.1) is 0 Å². The molecule has 41 heavy (non-hydrogen) atoms. The predicted molar refractivity (Wildman–Crippen MR) is 149 cm³/mol. The normalized spacial score (nSPS) is 26.5. The second-order valence-corrected chi connectivity index (χ2v) is 11.1. The van der Waals surface area contributed by atoms with E-state index in [1.54, 1.807) is 42.9 Å². The molecule has 3 aromatic rings. The van der Waals surface area contributed by atoms with Crippen LogP contribution in [0.25, 0.3) is 0 Å². The summed E-state index contributed by atoms with van der Waals surface area (Å²) in [5.41, 5.74) is -1.86. The SMILES string of the molecule is COC(=O)C12CN(CC(C)C)CC(C(=O)OC)(C1=O)C(c1ccccn1)N(Cc1ccccn1)C2c1ccccn1. The van der Waals surface area contributed by atoms with Gasteiger partial charge in [0.05, 0.1) is 43.4 Å². The minimum absolute atomic E-state index is 0.0598. The minimum Gasteiger partial charge on any atom is -0.468 e. The van der Waals surface area contributed by atoms with Crippen LogP contribution in [0.2, 0.25) is 0 Å². The molecule has 0 amide bonds. The second kappa shape index (κ2) is 11.5. The van der Waals surface area contributed by atoms with Crippen LogP contribution in [0.1, 0.15) is 43.0 Å². The monoisotopic (exact) mass is 557 g/mol. The molecule has 5 rings (SSSR count). The standard InChI is InChI=1S/C31H35N5O5/c1-21(2)17-35-19-30(28(38)40-3)25(23-12-6-9-15-33-23)36(18-22-11-5-8-14-32-22)26(24-13-7-10-16-34-24)31(20-35,27(30)37)29(39)41-4/h5-16,21,25-26H,17-20H2,1-4H3. The number of ketones is 1. The van der Waals surface area contributed by atoms with Gasteiger partial charge in [-0.2, -0.15) is 0 Å². The van der Waals surface area contributed by atoms with E-state index in [2.05, 4.69) is 28.8 Å². The number of ether oxygens (including phenoxy) is 2. The van der Waals surface area contributed by atoms with Crippen LogP contribution in [0.15, 0.2) is 73.2 Å². The molecule has 2 fully saturated rings. The molecule has 0 aliphatic carbocycles. The Morgan fingerprint density at radius 1 is 0.829 bits per heavy atom. The van der Waals surface area contributed by atoms with Crippen molar-refractivity contribution in [1.29, 1.82) is 0 Å². The van der Waals surface area contributed by atoms with Gasteiger partial charge < -0.3 is 9.47 Å². The summed E-state index contributed by atoms with van der Waals surface area (Å²) < 4.78 is 10.8. The molecular formula is C31H35N5O5. The van der Waals surface area contributed by atoms with Crippen molar-refractivity contribution < 1.29 is 23.9 Å². The van der Waals surface area contributed by atoms with Crippen molar-refractivity contribution >= 4 is 17.7 Å². The molecule has 3 aromatic heterocycles. The number of hydrogen-bond acceptors (Lipinski definition) is 10. The lowest BCUT2D eigenvalue weighted by Crippen LogP contribution is -2.76. The first-order valence-electron chi connectivity index (χ1n) is 13.7. The number of pyridine rings is 3. The predicted octanol–water partition coefficient (Wildman–Crippen LogP) is 3.03. The molecule has 2 aliphatic rings. The summed E-state index contributed by atoms with van der Waals surface area (Å²) in [6.45, 7) is 4.99. The highest BCUT2D eigenvalue weighted by Gasteiger charge is 2.75. The number of rotatable bonds is 8. The van der Waals surface area contributed by atoms with Crippen LogP contribution in [-0.4, -0.2) is 76.3 Å². The van der Waals surface area contributed by atoms with E-state index in [-0.39, 0.29) is 25.6 Å². The third-order valence-electron chi connectivity index (χ3n) is 8.08. The third kappa shape index (κ3) is 4.70. The lowest BCUT2D eigenvalue weighted by Gasteiger charge is -2.61. The summed E-state index contributed by atoms with van der Waals surface area (Å²) in [5, 5.41) is 0. The number of esters is 2. The Kier molecular flexibility index (Phi) is 7.97. The van der Waals surface area contributed by atoms with Crippen LogP contribution in [0.3, 0.4) is 0 Å². The zero-order chi connectivity index (χ0) is 29.2. The highest BCUT2D eigenvalue weighted by Crippen LogP contribution is 2.61. The summed E-state index contributed by atoms with van der Waals surface area (Å²) in [5.74, 6) is -1.78. The van der Waals surface area contributed by atoms with Gasteiger partial charge in [-0.3, -0.25) is 39.1 Å². The molecule has 0 radical (unpaired) electrons. The van der Waals surface area contributed by atoms with Gasteiger partial charge in [-0.05, 0) is 42.3 Å². The van der Waals surface area contributed by atoms with Crippen molar-refractivity contribution in [3.63, 3.8) is 0 Å². The molecule has 0 N–H and O–H groups in total. The Morgan fingerprint density at radius 3 is 1.71 bits per heavy atom. The van der Waals surface area contributed by atoms with Crippen molar-refractivity contribution in [2.75, 3.05) is 33.9 Å². The molecule has 0 saturated carbocycles. The molecular weight excluding hydrogens is 522 g/mol. The van der Waals surface area contributed by atoms with Crippen molar-refractivity contribution in [3.05, 3.63) is 90.3 Å². The molecule has 0 spiro atoms. The first-order valence-corrected chi connectivity index (χ1v) is 13.7. The summed E-state index contributed by atoms with van der Waals surface area (Å²) in [6.07, 6.45) is 4.96. The van der Waals surface area contributed by atoms with Crippen LogP contribution in [-0.2, 0) is 30.4 Å². The van der Waals surface area contributed by atoms with Gasteiger partial charge in [-0.25, -0.2) is 0 Å². The van der Waals surface area contributed by atoms with E-state index < -0.39 is 40.6 Å². The van der Waals surface area contributed by atoms with E-state index in [9.17, 15) is 9.59 Å². The van der Waals surface area contributed by atoms with Gasteiger partial charge in [-0.1, -0.05) is 32.0 Å². The zero-order valence-corrected chi connectivity index (χ0v) is 23.8. The zero-order valence-electron chi connectivity index (χ0n) is 23.8. The lowest BCUT2D eigenvalue weighted by atomic mass is 9.54. The number of aromatic nitrogens is 3. The van der Waals surface area contributed by atoms with Crippen LogP contribution in [0.4, 0.5) is 0 Å². The van der Waals surface area contributed by atoms with Crippen molar-refractivity contribution in [2.45, 2.75) is 32.5 Å². The van der Waals surface area contributed by atoms with Crippen molar-refractivity contribution in [2.24, 2.45) is 16.7 Å². The van der Waals surface area contributed by atoms with Gasteiger partial charge in [0, 0.05) is 44.8 Å². The molecule has 2 bridgehead atoms. The number of likely N-dealkylation sites (tertiary alicyclic amines) is 2. The molecule has 4 atom stereocenters. The van der Waals surface area contributed by atoms with E-state index in [0.717, 1.165) is 0 Å². The number of nitrogens with zero attached hydrogens (tertiary/aromatic N) is 5. The topological polar surface area (TPSA) is 115 Å². The van der Waals surface area contributed by atoms with Gasteiger partial charge >= 0.3 is 11.9 Å². The van der Waals surface area contributed by atoms with E-state index >= 15 is 4.79 Å². The minimum atomic E-state index is -1.79. The number of hydrogen-bond donors (Lipinski definition) is 0. The second-order valence-electron chi connectivity index (χ2n) is 11.1. The van der Waals surface area contributed by atoms with E-state index in [1.807, 2.05) is 40.1 Å². The van der Waals surface area contributed by atoms with Crippen LogP contribution < -0.4 is 0 Å². The smallest absolute Gasteiger partial charge is 0.322 e. The van der Waals surface area contributed by atoms with Gasteiger partial charge in [0.25, 0.3) is 0 Å². The lowest BCUT2D eigenvalue weighted by molar-refractivity contribution is -0.207. The average Bonchev–Trinajstić information content (AvgIpc) is 2.99. The summed E-state index contributed by atoms with van der Waals surface area (Å²) in [4.78, 5) is 61.2. The highest BCUT2D eigenvalue weighted by atomic mass is 16.5. The van der Waals surface area contributed by atoms with Crippen molar-refractivity contribution in [1.82, 2.24) is 24.8 Å². The van der Waals surface area contributed by atoms with Crippen molar-refractivity contribution in [3.8, 4) is 0 Å². The fraction of sp³-hybridized carbons (Fsp3) is 0.419. The molecule has 10 nitrogen and oxygen atoms in total. The number of carbonyl (C=O) groups is 3. The first kappa shape index (κ1) is 28.5. The number of carbonyl (C=O) groups excluding carboxylic acids is 3. The summed E-state index contributed by atoms with van der Waals surface area (Å²) in [7, 11) is 2.55. The molecule has 4 unspecified atom stereocenters. The molecule has 2 saturated heterocycles. The molecule has 5 heterocycles. The Morgan fingerprint density at radius 2 is 1.32 bits per heavy atom. The van der Waals surface area contributed by atoms with Gasteiger partial charge in [0.15, 0.2) is 16.6 Å². The Balaban J connectivity index is 1.88. The van der Waals surface area contributed by atoms with Crippen LogP contribution in [0.5, 0.6) is 0 Å². The Hall–Kier alpha value is -4.02. The number of Topliss-reactive ketones (excluding diaryl/α,β-unsaturated/α-hetero) is 1. The maximum atomic E-state index is 15.1. The van der Waals surface area contributed by atoms with Crippen LogP contribution >= 0.6 is 0 Å². The largest absolute Gasteiger partial charge is 0.468 e. The molecule has 214 valence electrons. The fourth-order valence-corrected chi connectivity index (χ4v) is 6.77. The maximum Gasteiger partial charge on any atom is 0.322 e. The Labute approximate surface area is 239 Å². The van der Waals surface area contributed by atoms with Gasteiger partial charge in [0.2, 0.25) is 0 Å². The van der Waals surface area contributed by atoms with E-state index in [0.29, 0.717) is 23.6 Å². The number of fused-ring (bicyclic) bond motifs is 2. The van der Waals surface area contributed by atoms with E-state index in [1.165, 1.54) is 14.2 Å².